The molecule has 0 unspecified atom stereocenters. The van der Waals surface area contributed by atoms with Crippen molar-refractivity contribution in [2.75, 3.05) is 51.5 Å². The molecule has 2 aliphatic rings. The molecule has 4 rings (SSSR count). The van der Waals surface area contributed by atoms with E-state index < -0.39 is 9.84 Å². The fourth-order valence-corrected chi connectivity index (χ4v) is 7.26. The van der Waals surface area contributed by atoms with Crippen molar-refractivity contribution in [2.45, 2.75) is 55.1 Å². The van der Waals surface area contributed by atoms with E-state index in [-0.39, 0.29) is 12.0 Å². The molecule has 0 radical (unpaired) electrons. The average Bonchev–Trinajstić information content (AvgIpc) is 3.26. The first-order valence-electron chi connectivity index (χ1n) is 12.7. The van der Waals surface area contributed by atoms with Crippen LogP contribution in [0.2, 0.25) is 0 Å². The number of fused-ring (bicyclic) bond motifs is 1. The van der Waals surface area contributed by atoms with Crippen LogP contribution in [-0.2, 0) is 14.6 Å². The number of hydrogen-bond donors (Lipinski definition) is 0. The van der Waals surface area contributed by atoms with E-state index in [0.717, 1.165) is 75.5 Å². The van der Waals surface area contributed by atoms with Crippen LogP contribution in [0, 0.1) is 5.92 Å². The number of likely N-dealkylation sites (tertiary alicyclic amines) is 2. The highest BCUT2D eigenvalue weighted by molar-refractivity contribution is 8.01. The Morgan fingerprint density at radius 1 is 1.11 bits per heavy atom. The summed E-state index contributed by atoms with van der Waals surface area (Å²) >= 11 is 3.35. The topological polar surface area (TPSA) is 75.5 Å². The minimum atomic E-state index is -3.28. The van der Waals surface area contributed by atoms with Crippen molar-refractivity contribution in [3.8, 4) is 0 Å². The van der Waals surface area contributed by atoms with Crippen molar-refractivity contribution in [1.82, 2.24) is 19.4 Å². The van der Waals surface area contributed by atoms with Crippen LogP contribution >= 0.6 is 23.5 Å². The minimum absolute atomic E-state index is 0.137. The van der Waals surface area contributed by atoms with Crippen molar-refractivity contribution in [3.63, 3.8) is 0 Å². The summed E-state index contributed by atoms with van der Waals surface area (Å²) in [5.41, 5.74) is 3.15. The van der Waals surface area contributed by atoms with Gasteiger partial charge in [0.25, 0.3) is 0 Å². The van der Waals surface area contributed by atoms with Crippen LogP contribution in [0.5, 0.6) is 0 Å². The van der Waals surface area contributed by atoms with E-state index in [4.69, 9.17) is 4.98 Å². The number of hydrogen-bond acceptors (Lipinski definition) is 7. The Hall–Kier alpha value is -1.49. The van der Waals surface area contributed by atoms with Gasteiger partial charge in [0.05, 0.1) is 15.9 Å². The van der Waals surface area contributed by atoms with Crippen LogP contribution in [0.3, 0.4) is 0 Å². The number of aromatic nitrogens is 2. The third kappa shape index (κ3) is 6.14. The molecule has 10 heteroatoms. The van der Waals surface area contributed by atoms with Gasteiger partial charge in [-0.15, -0.1) is 11.8 Å². The molecule has 3 heterocycles. The standard InChI is InChI=1S/C26H38N4O3S3/c1-5-19(18-34-2)17-28-12-8-20(9-13-28)25(31)29-14-10-21(11-15-29)30-24-7-6-22(36(4,32)33)16-23(24)27-26(30)35-3/h6-7,16,18,20-21H,5,8-15,17H2,1-4H3/b19-18+. The third-order valence-electron chi connectivity index (χ3n) is 7.48. The van der Waals surface area contributed by atoms with Crippen LogP contribution in [-0.4, -0.2) is 85.2 Å². The van der Waals surface area contributed by atoms with Gasteiger partial charge in [0.2, 0.25) is 5.91 Å². The van der Waals surface area contributed by atoms with Gasteiger partial charge in [-0.05, 0) is 81.3 Å². The molecule has 0 saturated carbocycles. The summed E-state index contributed by atoms with van der Waals surface area (Å²) in [5.74, 6) is 0.458. The maximum atomic E-state index is 13.3. The molecule has 36 heavy (non-hydrogen) atoms. The van der Waals surface area contributed by atoms with E-state index in [0.29, 0.717) is 16.3 Å². The first-order chi connectivity index (χ1) is 17.2. The number of thioether (sulfide) groups is 2. The van der Waals surface area contributed by atoms with Crippen molar-refractivity contribution >= 4 is 50.3 Å². The zero-order chi connectivity index (χ0) is 25.9. The number of amides is 1. The average molecular weight is 551 g/mol. The number of benzene rings is 1. The molecule has 2 fully saturated rings. The van der Waals surface area contributed by atoms with Crippen molar-refractivity contribution < 1.29 is 13.2 Å². The lowest BCUT2D eigenvalue weighted by Gasteiger charge is -2.38. The lowest BCUT2D eigenvalue weighted by atomic mass is 9.93. The number of sulfone groups is 1. The summed E-state index contributed by atoms with van der Waals surface area (Å²) in [5, 5.41) is 3.16. The molecule has 0 aliphatic carbocycles. The Morgan fingerprint density at radius 2 is 1.81 bits per heavy atom. The number of imidazole rings is 1. The van der Waals surface area contributed by atoms with E-state index in [1.165, 1.54) is 11.8 Å². The SMILES string of the molecule is CC/C(=C\SC)CN1CCC(C(=O)N2CCC(n3c(SC)nc4cc(S(C)(=O)=O)ccc43)CC2)CC1. The lowest BCUT2D eigenvalue weighted by molar-refractivity contribution is -0.138. The first-order valence-corrected chi connectivity index (χ1v) is 17.1. The number of carbonyl (C=O) groups excluding carboxylic acids is 1. The van der Waals surface area contributed by atoms with Gasteiger partial charge in [0.15, 0.2) is 15.0 Å². The normalized spacial score (nSPS) is 19.3. The molecule has 1 aromatic carbocycles. The second-order valence-electron chi connectivity index (χ2n) is 9.86. The van der Waals surface area contributed by atoms with Crippen LogP contribution in [0.15, 0.2) is 39.2 Å². The van der Waals surface area contributed by atoms with Gasteiger partial charge < -0.3 is 9.47 Å². The van der Waals surface area contributed by atoms with E-state index in [9.17, 15) is 13.2 Å². The Morgan fingerprint density at radius 3 is 2.39 bits per heavy atom. The molecule has 1 aromatic heterocycles. The van der Waals surface area contributed by atoms with Crippen molar-refractivity contribution in [1.29, 1.82) is 0 Å². The monoisotopic (exact) mass is 550 g/mol. The van der Waals surface area contributed by atoms with Crippen LogP contribution < -0.4 is 0 Å². The van der Waals surface area contributed by atoms with Gasteiger partial charge in [0.1, 0.15) is 0 Å². The minimum Gasteiger partial charge on any atom is -0.342 e. The molecule has 2 aromatic rings. The predicted molar refractivity (Wildman–Crippen MR) is 151 cm³/mol. The molecule has 198 valence electrons. The van der Waals surface area contributed by atoms with Crippen LogP contribution in [0.1, 0.15) is 45.1 Å². The second kappa shape index (κ2) is 11.9. The maximum absolute atomic E-state index is 13.3. The highest BCUT2D eigenvalue weighted by Crippen LogP contribution is 2.34. The second-order valence-corrected chi connectivity index (χ2v) is 13.4. The third-order valence-corrected chi connectivity index (χ3v) is 9.82. The molecule has 0 atom stereocenters. The summed E-state index contributed by atoms with van der Waals surface area (Å²) in [6.07, 6.45) is 10.1. The quantitative estimate of drug-likeness (QED) is 0.441. The van der Waals surface area contributed by atoms with Gasteiger partial charge in [-0.25, -0.2) is 13.4 Å². The molecule has 0 bridgehead atoms. The Balaban J connectivity index is 1.37. The summed E-state index contributed by atoms with van der Waals surface area (Å²) in [7, 11) is -3.28. The highest BCUT2D eigenvalue weighted by Gasteiger charge is 2.32. The van der Waals surface area contributed by atoms with Gasteiger partial charge in [0, 0.05) is 37.8 Å². The van der Waals surface area contributed by atoms with Gasteiger partial charge in [-0.3, -0.25) is 9.69 Å². The van der Waals surface area contributed by atoms with Gasteiger partial charge >= 0.3 is 0 Å². The predicted octanol–water partition coefficient (Wildman–Crippen LogP) is 4.69. The van der Waals surface area contributed by atoms with E-state index in [1.807, 2.05) is 12.3 Å². The zero-order valence-corrected chi connectivity index (χ0v) is 24.2. The van der Waals surface area contributed by atoms with Crippen molar-refractivity contribution in [2.24, 2.45) is 5.92 Å². The Kier molecular flexibility index (Phi) is 9.12. The summed E-state index contributed by atoms with van der Waals surface area (Å²) in [6, 6.07) is 5.47. The Bertz CT molecular complexity index is 1210. The smallest absolute Gasteiger partial charge is 0.225 e. The summed E-state index contributed by atoms with van der Waals surface area (Å²) < 4.78 is 26.2. The molecular formula is C26H38N4O3S3. The van der Waals surface area contributed by atoms with E-state index >= 15 is 0 Å². The molecular weight excluding hydrogens is 513 g/mol. The summed E-state index contributed by atoms with van der Waals surface area (Å²) in [4.78, 5) is 22.9. The molecule has 2 saturated heterocycles. The summed E-state index contributed by atoms with van der Waals surface area (Å²) in [6.45, 7) is 6.73. The highest BCUT2D eigenvalue weighted by atomic mass is 32.2. The first kappa shape index (κ1) is 27.5. The number of carbonyl (C=O) groups is 1. The largest absolute Gasteiger partial charge is 0.342 e. The van der Waals surface area contributed by atoms with Crippen molar-refractivity contribution in [3.05, 3.63) is 29.2 Å². The zero-order valence-electron chi connectivity index (χ0n) is 21.8. The number of nitrogens with zero attached hydrogens (tertiary/aromatic N) is 4. The number of rotatable bonds is 8. The lowest BCUT2D eigenvalue weighted by Crippen LogP contribution is -2.46. The molecule has 2 aliphatic heterocycles. The van der Waals surface area contributed by atoms with Crippen LogP contribution in [0.25, 0.3) is 11.0 Å². The molecule has 0 spiro atoms. The number of piperidine rings is 2. The van der Waals surface area contributed by atoms with Crippen LogP contribution in [0.4, 0.5) is 0 Å². The fraction of sp³-hybridized carbons (Fsp3) is 0.615. The van der Waals surface area contributed by atoms with Gasteiger partial charge in [-0.2, -0.15) is 0 Å². The molecule has 0 N–H and O–H groups in total. The molecule has 7 nitrogen and oxygen atoms in total. The Labute approximate surface area is 224 Å². The van der Waals surface area contributed by atoms with Gasteiger partial charge in [-0.1, -0.05) is 24.3 Å². The van der Waals surface area contributed by atoms with E-state index in [2.05, 4.69) is 33.0 Å². The fourth-order valence-electron chi connectivity index (χ4n) is 5.41. The molecule has 1 amide bonds. The maximum Gasteiger partial charge on any atom is 0.225 e. The van der Waals surface area contributed by atoms with E-state index in [1.54, 1.807) is 35.7 Å².